The molecular formula is C18H27NS2. The molecule has 2 atom stereocenters. The van der Waals surface area contributed by atoms with Crippen LogP contribution in [-0.4, -0.2) is 6.04 Å². The predicted molar refractivity (Wildman–Crippen MR) is 96.4 cm³/mol. The molecule has 21 heavy (non-hydrogen) atoms. The van der Waals surface area contributed by atoms with E-state index in [1.165, 1.54) is 29.0 Å². The van der Waals surface area contributed by atoms with E-state index in [0.29, 0.717) is 12.1 Å². The first-order chi connectivity index (χ1) is 10.1. The zero-order valence-electron chi connectivity index (χ0n) is 13.3. The Labute approximate surface area is 137 Å². The third-order valence-corrected chi connectivity index (χ3v) is 5.66. The summed E-state index contributed by atoms with van der Waals surface area (Å²) in [5.41, 5.74) is 0. The van der Waals surface area contributed by atoms with Gasteiger partial charge in [-0.1, -0.05) is 38.8 Å². The van der Waals surface area contributed by atoms with E-state index in [1.54, 1.807) is 0 Å². The monoisotopic (exact) mass is 321 g/mol. The Kier molecular flexibility index (Phi) is 6.94. The van der Waals surface area contributed by atoms with Gasteiger partial charge in [0.25, 0.3) is 0 Å². The molecule has 0 aromatic carbocycles. The highest BCUT2D eigenvalue weighted by molar-refractivity contribution is 7.10. The molecule has 0 saturated heterocycles. The van der Waals surface area contributed by atoms with Gasteiger partial charge in [0.05, 0.1) is 0 Å². The van der Waals surface area contributed by atoms with E-state index < -0.39 is 0 Å². The van der Waals surface area contributed by atoms with Crippen LogP contribution in [0.1, 0.15) is 55.8 Å². The molecule has 1 N–H and O–H groups in total. The number of hydrogen-bond donors (Lipinski definition) is 1. The first-order valence-electron chi connectivity index (χ1n) is 7.97. The Morgan fingerprint density at radius 3 is 2.38 bits per heavy atom. The van der Waals surface area contributed by atoms with Crippen molar-refractivity contribution in [3.8, 4) is 0 Å². The van der Waals surface area contributed by atoms with E-state index >= 15 is 0 Å². The van der Waals surface area contributed by atoms with Gasteiger partial charge in [-0.3, -0.25) is 0 Å². The van der Waals surface area contributed by atoms with Gasteiger partial charge < -0.3 is 5.32 Å². The predicted octanol–water partition coefficient (Wildman–Crippen LogP) is 5.90. The van der Waals surface area contributed by atoms with Crippen molar-refractivity contribution < 1.29 is 0 Å². The molecule has 0 aliphatic carbocycles. The summed E-state index contributed by atoms with van der Waals surface area (Å²) in [6.45, 7) is 6.95. The van der Waals surface area contributed by atoms with Crippen LogP contribution in [-0.2, 0) is 6.42 Å². The van der Waals surface area contributed by atoms with Crippen LogP contribution in [0.25, 0.3) is 0 Å². The van der Waals surface area contributed by atoms with Crippen LogP contribution in [0.4, 0.5) is 0 Å². The fourth-order valence-corrected chi connectivity index (χ4v) is 4.16. The van der Waals surface area contributed by atoms with E-state index in [9.17, 15) is 0 Å². The Morgan fingerprint density at radius 2 is 1.76 bits per heavy atom. The molecule has 0 radical (unpaired) electrons. The van der Waals surface area contributed by atoms with Crippen molar-refractivity contribution in [2.45, 2.75) is 58.5 Å². The molecule has 2 aromatic heterocycles. The molecule has 0 aliphatic heterocycles. The largest absolute Gasteiger partial charge is 0.306 e. The quantitative estimate of drug-likeness (QED) is 0.606. The zero-order chi connectivity index (χ0) is 15.1. The Balaban J connectivity index is 1.90. The second kappa shape index (κ2) is 8.72. The van der Waals surface area contributed by atoms with Crippen LogP contribution in [0.2, 0.25) is 0 Å². The highest BCUT2D eigenvalue weighted by atomic mass is 32.1. The summed E-state index contributed by atoms with van der Waals surface area (Å²) < 4.78 is 0. The van der Waals surface area contributed by atoms with Crippen molar-refractivity contribution in [2.24, 2.45) is 5.92 Å². The highest BCUT2D eigenvalue weighted by Gasteiger charge is 2.16. The van der Waals surface area contributed by atoms with Crippen LogP contribution in [0, 0.1) is 5.92 Å². The molecule has 2 unspecified atom stereocenters. The fourth-order valence-electron chi connectivity index (χ4n) is 2.62. The minimum absolute atomic E-state index is 0.456. The lowest BCUT2D eigenvalue weighted by atomic mass is 10.0. The molecule has 3 heteroatoms. The molecule has 0 fully saturated rings. The van der Waals surface area contributed by atoms with Crippen molar-refractivity contribution >= 4 is 22.7 Å². The van der Waals surface area contributed by atoms with Gasteiger partial charge in [0.1, 0.15) is 0 Å². The maximum atomic E-state index is 3.85. The SMILES string of the molecule is CC(C)CCCC(C)NC(Cc1cccs1)c1cccs1. The smallest absolute Gasteiger partial charge is 0.0465 e. The van der Waals surface area contributed by atoms with Gasteiger partial charge in [0.2, 0.25) is 0 Å². The summed E-state index contributed by atoms with van der Waals surface area (Å²) in [6.07, 6.45) is 5.03. The minimum Gasteiger partial charge on any atom is -0.306 e. The fraction of sp³-hybridized carbons (Fsp3) is 0.556. The van der Waals surface area contributed by atoms with Crippen molar-refractivity contribution in [1.82, 2.24) is 5.32 Å². The molecular weight excluding hydrogens is 294 g/mol. The van der Waals surface area contributed by atoms with Crippen LogP contribution in [0.15, 0.2) is 35.0 Å². The molecule has 2 aromatic rings. The molecule has 2 heterocycles. The van der Waals surface area contributed by atoms with E-state index in [-0.39, 0.29) is 0 Å². The summed E-state index contributed by atoms with van der Waals surface area (Å²) in [4.78, 5) is 2.93. The van der Waals surface area contributed by atoms with Gasteiger partial charge in [0.15, 0.2) is 0 Å². The van der Waals surface area contributed by atoms with Crippen molar-refractivity contribution in [3.63, 3.8) is 0 Å². The van der Waals surface area contributed by atoms with Gasteiger partial charge >= 0.3 is 0 Å². The van der Waals surface area contributed by atoms with Gasteiger partial charge in [-0.05, 0) is 42.2 Å². The third kappa shape index (κ3) is 5.93. The van der Waals surface area contributed by atoms with Crippen molar-refractivity contribution in [2.75, 3.05) is 0 Å². The molecule has 0 bridgehead atoms. The van der Waals surface area contributed by atoms with E-state index in [4.69, 9.17) is 0 Å². The normalized spacial score (nSPS) is 14.5. The second-order valence-electron chi connectivity index (χ2n) is 6.24. The van der Waals surface area contributed by atoms with E-state index in [2.05, 4.69) is 61.1 Å². The average Bonchev–Trinajstić information content (AvgIpc) is 3.10. The summed E-state index contributed by atoms with van der Waals surface area (Å²) in [7, 11) is 0. The Hall–Kier alpha value is -0.640. The lowest BCUT2D eigenvalue weighted by Gasteiger charge is -2.22. The van der Waals surface area contributed by atoms with Crippen LogP contribution in [0.3, 0.4) is 0 Å². The summed E-state index contributed by atoms with van der Waals surface area (Å²) in [5, 5.41) is 8.20. The third-order valence-electron chi connectivity index (χ3n) is 3.78. The minimum atomic E-state index is 0.456. The number of hydrogen-bond acceptors (Lipinski definition) is 3. The van der Waals surface area contributed by atoms with E-state index in [0.717, 1.165) is 12.3 Å². The first kappa shape index (κ1) is 16.7. The molecule has 116 valence electrons. The second-order valence-corrected chi connectivity index (χ2v) is 8.26. The molecule has 0 aliphatic rings. The summed E-state index contributed by atoms with van der Waals surface area (Å²) in [5.74, 6) is 0.816. The maximum Gasteiger partial charge on any atom is 0.0465 e. The highest BCUT2D eigenvalue weighted by Crippen LogP contribution is 2.26. The molecule has 2 rings (SSSR count). The number of nitrogens with one attached hydrogen (secondary N) is 1. The maximum absolute atomic E-state index is 3.85. The van der Waals surface area contributed by atoms with Crippen molar-refractivity contribution in [3.05, 3.63) is 44.8 Å². The van der Waals surface area contributed by atoms with Crippen LogP contribution < -0.4 is 5.32 Å². The van der Waals surface area contributed by atoms with Gasteiger partial charge in [0, 0.05) is 28.3 Å². The topological polar surface area (TPSA) is 12.0 Å². The molecule has 0 saturated carbocycles. The number of thiophene rings is 2. The van der Waals surface area contributed by atoms with Gasteiger partial charge in [-0.15, -0.1) is 22.7 Å². The first-order valence-corrected chi connectivity index (χ1v) is 9.73. The van der Waals surface area contributed by atoms with Crippen LogP contribution in [0.5, 0.6) is 0 Å². The van der Waals surface area contributed by atoms with Gasteiger partial charge in [-0.25, -0.2) is 0 Å². The average molecular weight is 322 g/mol. The molecule has 0 amide bonds. The van der Waals surface area contributed by atoms with Gasteiger partial charge in [-0.2, -0.15) is 0 Å². The standard InChI is InChI=1S/C18H27NS2/c1-14(2)7-4-8-15(3)19-17(18-10-6-12-21-18)13-16-9-5-11-20-16/h5-6,9-12,14-15,17,19H,4,7-8,13H2,1-3H3. The van der Waals surface area contributed by atoms with Crippen LogP contribution >= 0.6 is 22.7 Å². The van der Waals surface area contributed by atoms with E-state index in [1.807, 2.05) is 22.7 Å². The lowest BCUT2D eigenvalue weighted by Crippen LogP contribution is -2.31. The number of rotatable bonds is 9. The Bertz CT molecular complexity index is 473. The summed E-state index contributed by atoms with van der Waals surface area (Å²) in [6, 6.07) is 9.85. The Morgan fingerprint density at radius 1 is 1.00 bits per heavy atom. The molecule has 0 spiro atoms. The summed E-state index contributed by atoms with van der Waals surface area (Å²) >= 11 is 3.73. The zero-order valence-corrected chi connectivity index (χ0v) is 15.0. The molecule has 1 nitrogen and oxygen atoms in total. The lowest BCUT2D eigenvalue weighted by molar-refractivity contribution is 0.412. The van der Waals surface area contributed by atoms with Crippen molar-refractivity contribution in [1.29, 1.82) is 0 Å².